The van der Waals surface area contributed by atoms with Crippen molar-refractivity contribution in [1.29, 1.82) is 0 Å². The minimum absolute atomic E-state index is 0.0316. The van der Waals surface area contributed by atoms with Gasteiger partial charge in [0.25, 0.3) is 0 Å². The zero-order valence-corrected chi connectivity index (χ0v) is 12.0. The summed E-state index contributed by atoms with van der Waals surface area (Å²) in [6, 6.07) is 4.20. The fraction of sp³-hybridized carbons (Fsp3) is 0.538. The van der Waals surface area contributed by atoms with Crippen molar-refractivity contribution in [3.63, 3.8) is 0 Å². The Balaban J connectivity index is 2.65. The summed E-state index contributed by atoms with van der Waals surface area (Å²) in [5.74, 6) is -0.0831. The predicted molar refractivity (Wildman–Crippen MR) is 70.2 cm³/mol. The van der Waals surface area contributed by atoms with Crippen LogP contribution in [0.25, 0.3) is 0 Å². The number of aryl methyl sites for hydroxylation is 1. The Bertz CT molecular complexity index is 516. The summed E-state index contributed by atoms with van der Waals surface area (Å²) in [6.07, 6.45) is 0. The second-order valence-electron chi connectivity index (χ2n) is 5.19. The van der Waals surface area contributed by atoms with E-state index in [0.717, 1.165) is 5.56 Å². The SMILES string of the molecule is Cc1ccc(F)cc1OCCS(=O)(=O)C(C)(C)C. The average Bonchev–Trinajstić information content (AvgIpc) is 2.21. The summed E-state index contributed by atoms with van der Waals surface area (Å²) in [5.41, 5.74) is 0.782. The third kappa shape index (κ3) is 3.70. The molecule has 3 nitrogen and oxygen atoms in total. The second kappa shape index (κ2) is 5.26. The molecular formula is C13H19FO3S. The van der Waals surface area contributed by atoms with Crippen LogP contribution in [0.2, 0.25) is 0 Å². The third-order valence-electron chi connectivity index (χ3n) is 2.69. The number of sulfone groups is 1. The molecule has 0 aliphatic rings. The number of halogens is 1. The maximum Gasteiger partial charge on any atom is 0.158 e. The lowest BCUT2D eigenvalue weighted by molar-refractivity contribution is 0.335. The van der Waals surface area contributed by atoms with Crippen LogP contribution in [-0.4, -0.2) is 25.5 Å². The van der Waals surface area contributed by atoms with Gasteiger partial charge >= 0.3 is 0 Å². The molecule has 0 saturated carbocycles. The van der Waals surface area contributed by atoms with Gasteiger partial charge in [0.1, 0.15) is 18.2 Å². The van der Waals surface area contributed by atoms with Crippen LogP contribution in [0.3, 0.4) is 0 Å². The Morgan fingerprint density at radius 2 is 1.89 bits per heavy atom. The first-order valence-corrected chi connectivity index (χ1v) is 7.40. The first kappa shape index (κ1) is 15.0. The fourth-order valence-electron chi connectivity index (χ4n) is 1.30. The van der Waals surface area contributed by atoms with Gasteiger partial charge in [-0.15, -0.1) is 0 Å². The molecule has 0 bridgehead atoms. The van der Waals surface area contributed by atoms with Crippen molar-refractivity contribution >= 4 is 9.84 Å². The molecule has 0 saturated heterocycles. The van der Waals surface area contributed by atoms with Crippen LogP contribution in [0.15, 0.2) is 18.2 Å². The van der Waals surface area contributed by atoms with Gasteiger partial charge < -0.3 is 4.74 Å². The van der Waals surface area contributed by atoms with Crippen LogP contribution >= 0.6 is 0 Å². The van der Waals surface area contributed by atoms with Gasteiger partial charge in [0.05, 0.1) is 10.5 Å². The van der Waals surface area contributed by atoms with Crippen molar-refractivity contribution < 1.29 is 17.5 Å². The van der Waals surface area contributed by atoms with Crippen molar-refractivity contribution in [2.75, 3.05) is 12.4 Å². The van der Waals surface area contributed by atoms with E-state index in [9.17, 15) is 12.8 Å². The molecule has 0 aliphatic carbocycles. The summed E-state index contributed by atoms with van der Waals surface area (Å²) in [4.78, 5) is 0. The molecule has 0 heterocycles. The summed E-state index contributed by atoms with van der Waals surface area (Å²) < 4.78 is 41.2. The number of benzene rings is 1. The minimum Gasteiger partial charge on any atom is -0.492 e. The lowest BCUT2D eigenvalue weighted by atomic mass is 10.2. The molecule has 0 atom stereocenters. The van der Waals surface area contributed by atoms with Gasteiger partial charge in [-0.3, -0.25) is 0 Å². The molecule has 5 heteroatoms. The summed E-state index contributed by atoms with van der Waals surface area (Å²) in [7, 11) is -3.21. The van der Waals surface area contributed by atoms with Gasteiger partial charge in [0.2, 0.25) is 0 Å². The van der Waals surface area contributed by atoms with Crippen LogP contribution in [0.1, 0.15) is 26.3 Å². The van der Waals surface area contributed by atoms with E-state index >= 15 is 0 Å². The molecule has 1 rings (SSSR count). The number of hydrogen-bond acceptors (Lipinski definition) is 3. The van der Waals surface area contributed by atoms with Gasteiger partial charge in [-0.2, -0.15) is 0 Å². The average molecular weight is 274 g/mol. The first-order chi connectivity index (χ1) is 8.13. The van der Waals surface area contributed by atoms with Crippen LogP contribution in [-0.2, 0) is 9.84 Å². The standard InChI is InChI=1S/C13H19FO3S/c1-10-5-6-11(14)9-12(10)17-7-8-18(15,16)13(2,3)4/h5-6,9H,7-8H2,1-4H3. The molecule has 1 aromatic rings. The number of rotatable bonds is 4. The van der Waals surface area contributed by atoms with E-state index in [-0.39, 0.29) is 12.4 Å². The highest BCUT2D eigenvalue weighted by atomic mass is 32.2. The molecule has 0 fully saturated rings. The Labute approximate surface area is 108 Å². The zero-order chi connectivity index (χ0) is 14.0. The molecule has 0 aliphatic heterocycles. The lowest BCUT2D eigenvalue weighted by Crippen LogP contribution is -2.32. The van der Waals surface area contributed by atoms with Crippen molar-refractivity contribution in [2.24, 2.45) is 0 Å². The van der Waals surface area contributed by atoms with Crippen LogP contribution in [0.4, 0.5) is 4.39 Å². The highest BCUT2D eigenvalue weighted by Gasteiger charge is 2.28. The predicted octanol–water partition coefficient (Wildman–Crippen LogP) is 2.73. The van der Waals surface area contributed by atoms with Crippen molar-refractivity contribution in [2.45, 2.75) is 32.4 Å². The van der Waals surface area contributed by atoms with E-state index in [0.29, 0.717) is 5.75 Å². The minimum atomic E-state index is -3.21. The molecule has 102 valence electrons. The maximum absolute atomic E-state index is 13.0. The number of hydrogen-bond donors (Lipinski definition) is 0. The van der Waals surface area contributed by atoms with Crippen LogP contribution in [0, 0.1) is 12.7 Å². The maximum atomic E-state index is 13.0. The Kier molecular flexibility index (Phi) is 4.37. The van der Waals surface area contributed by atoms with Gasteiger partial charge in [0.15, 0.2) is 9.84 Å². The summed E-state index contributed by atoms with van der Waals surface area (Å²) in [5, 5.41) is 0. The Morgan fingerprint density at radius 3 is 2.44 bits per heavy atom. The van der Waals surface area contributed by atoms with E-state index < -0.39 is 20.4 Å². The van der Waals surface area contributed by atoms with E-state index in [4.69, 9.17) is 4.74 Å². The van der Waals surface area contributed by atoms with Crippen molar-refractivity contribution in [3.8, 4) is 5.75 Å². The highest BCUT2D eigenvalue weighted by Crippen LogP contribution is 2.20. The van der Waals surface area contributed by atoms with Crippen LogP contribution < -0.4 is 4.74 Å². The fourth-order valence-corrected chi connectivity index (χ4v) is 2.21. The van der Waals surface area contributed by atoms with E-state index in [1.165, 1.54) is 12.1 Å². The first-order valence-electron chi connectivity index (χ1n) is 5.75. The third-order valence-corrected chi connectivity index (χ3v) is 5.26. The van der Waals surface area contributed by atoms with Gasteiger partial charge in [-0.1, -0.05) is 6.07 Å². The van der Waals surface area contributed by atoms with Crippen molar-refractivity contribution in [3.05, 3.63) is 29.6 Å². The molecule has 0 unspecified atom stereocenters. The van der Waals surface area contributed by atoms with E-state index in [2.05, 4.69) is 0 Å². The molecule has 0 aromatic heterocycles. The lowest BCUT2D eigenvalue weighted by Gasteiger charge is -2.19. The van der Waals surface area contributed by atoms with E-state index in [1.54, 1.807) is 33.8 Å². The molecule has 0 amide bonds. The Morgan fingerprint density at radius 1 is 1.28 bits per heavy atom. The second-order valence-corrected chi connectivity index (χ2v) is 8.05. The largest absolute Gasteiger partial charge is 0.492 e. The zero-order valence-electron chi connectivity index (χ0n) is 11.2. The Hall–Kier alpha value is -1.10. The monoisotopic (exact) mass is 274 g/mol. The summed E-state index contributed by atoms with van der Waals surface area (Å²) in [6.45, 7) is 6.76. The van der Waals surface area contributed by atoms with Crippen molar-refractivity contribution in [1.82, 2.24) is 0 Å². The van der Waals surface area contributed by atoms with Gasteiger partial charge in [0, 0.05) is 6.07 Å². The smallest absolute Gasteiger partial charge is 0.158 e. The molecule has 18 heavy (non-hydrogen) atoms. The molecule has 0 N–H and O–H groups in total. The normalized spacial score (nSPS) is 12.5. The molecular weight excluding hydrogens is 255 g/mol. The molecule has 0 radical (unpaired) electrons. The number of ether oxygens (including phenoxy) is 1. The quantitative estimate of drug-likeness (QED) is 0.848. The molecule has 0 spiro atoms. The molecule has 1 aromatic carbocycles. The highest BCUT2D eigenvalue weighted by molar-refractivity contribution is 7.92. The topological polar surface area (TPSA) is 43.4 Å². The van der Waals surface area contributed by atoms with Gasteiger partial charge in [-0.05, 0) is 39.3 Å². The van der Waals surface area contributed by atoms with Crippen LogP contribution in [0.5, 0.6) is 5.75 Å². The van der Waals surface area contributed by atoms with E-state index in [1.807, 2.05) is 0 Å². The van der Waals surface area contributed by atoms with Gasteiger partial charge in [-0.25, -0.2) is 12.8 Å². The summed E-state index contributed by atoms with van der Waals surface area (Å²) >= 11 is 0.